The lowest BCUT2D eigenvalue weighted by Crippen LogP contribution is -2.30. The molecule has 2 rings (SSSR count). The van der Waals surface area contributed by atoms with Crippen LogP contribution in [0.2, 0.25) is 0 Å². The highest BCUT2D eigenvalue weighted by molar-refractivity contribution is 5.93. The van der Waals surface area contributed by atoms with E-state index < -0.39 is 0 Å². The van der Waals surface area contributed by atoms with E-state index in [0.717, 1.165) is 22.4 Å². The molecule has 2 aromatic rings. The number of nitrogens with zero attached hydrogens (tertiary/aromatic N) is 1. The third kappa shape index (κ3) is 4.40. The molecule has 0 atom stereocenters. The van der Waals surface area contributed by atoms with Gasteiger partial charge in [0.05, 0.1) is 6.54 Å². The number of aryl methyl sites for hydroxylation is 1. The van der Waals surface area contributed by atoms with Crippen LogP contribution in [-0.2, 0) is 11.3 Å². The van der Waals surface area contributed by atoms with E-state index in [1.165, 1.54) is 12.1 Å². The summed E-state index contributed by atoms with van der Waals surface area (Å²) in [6.45, 7) is 4.78. The van der Waals surface area contributed by atoms with Crippen LogP contribution in [0.5, 0.6) is 0 Å². The van der Waals surface area contributed by atoms with Crippen LogP contribution in [0.3, 0.4) is 0 Å². The highest BCUT2D eigenvalue weighted by Crippen LogP contribution is 2.17. The molecule has 0 heterocycles. The summed E-state index contributed by atoms with van der Waals surface area (Å²) in [6.07, 6.45) is 0. The predicted octanol–water partition coefficient (Wildman–Crippen LogP) is 3.51. The third-order valence-electron chi connectivity index (χ3n) is 3.63. The Morgan fingerprint density at radius 1 is 1.18 bits per heavy atom. The summed E-state index contributed by atoms with van der Waals surface area (Å²) in [5.74, 6) is -0.335. The lowest BCUT2D eigenvalue weighted by molar-refractivity contribution is -0.117. The Hall–Kier alpha value is -2.20. The Morgan fingerprint density at radius 3 is 2.64 bits per heavy atom. The van der Waals surface area contributed by atoms with Crippen molar-refractivity contribution >= 4 is 11.6 Å². The van der Waals surface area contributed by atoms with Gasteiger partial charge in [0, 0.05) is 12.2 Å². The molecule has 1 amide bonds. The number of amides is 1. The van der Waals surface area contributed by atoms with Crippen LogP contribution in [0.25, 0.3) is 0 Å². The highest BCUT2D eigenvalue weighted by Gasteiger charge is 2.09. The molecule has 22 heavy (non-hydrogen) atoms. The first kappa shape index (κ1) is 16.2. The first-order valence-corrected chi connectivity index (χ1v) is 7.25. The summed E-state index contributed by atoms with van der Waals surface area (Å²) >= 11 is 0. The first-order chi connectivity index (χ1) is 10.5. The predicted molar refractivity (Wildman–Crippen MR) is 87.3 cm³/mol. The molecule has 0 unspecified atom stereocenters. The molecular weight excluding hydrogens is 279 g/mol. The van der Waals surface area contributed by atoms with Crippen molar-refractivity contribution in [3.05, 3.63) is 65.0 Å². The number of benzene rings is 2. The average molecular weight is 300 g/mol. The lowest BCUT2D eigenvalue weighted by atomic mass is 10.1. The van der Waals surface area contributed by atoms with Crippen molar-refractivity contribution in [2.45, 2.75) is 20.4 Å². The van der Waals surface area contributed by atoms with Crippen LogP contribution in [0.4, 0.5) is 10.1 Å². The van der Waals surface area contributed by atoms with Crippen LogP contribution >= 0.6 is 0 Å². The Morgan fingerprint density at radius 2 is 1.91 bits per heavy atom. The van der Waals surface area contributed by atoms with Gasteiger partial charge in [0.25, 0.3) is 0 Å². The number of hydrogen-bond acceptors (Lipinski definition) is 2. The number of nitrogens with one attached hydrogen (secondary N) is 1. The van der Waals surface area contributed by atoms with Gasteiger partial charge in [0.1, 0.15) is 5.82 Å². The number of hydrogen-bond donors (Lipinski definition) is 1. The lowest BCUT2D eigenvalue weighted by Gasteiger charge is -2.17. The molecule has 0 saturated carbocycles. The number of rotatable bonds is 5. The first-order valence-electron chi connectivity index (χ1n) is 7.25. The molecule has 0 aliphatic rings. The Balaban J connectivity index is 1.92. The Kier molecular flexibility index (Phi) is 5.28. The van der Waals surface area contributed by atoms with Gasteiger partial charge in [-0.1, -0.05) is 24.3 Å². The monoisotopic (exact) mass is 300 g/mol. The summed E-state index contributed by atoms with van der Waals surface area (Å²) < 4.78 is 13.2. The van der Waals surface area contributed by atoms with E-state index >= 15 is 0 Å². The third-order valence-corrected chi connectivity index (χ3v) is 3.63. The van der Waals surface area contributed by atoms with Crippen LogP contribution in [0, 0.1) is 19.7 Å². The quantitative estimate of drug-likeness (QED) is 0.916. The minimum absolute atomic E-state index is 0.0763. The summed E-state index contributed by atoms with van der Waals surface area (Å²) in [5.41, 5.74) is 3.90. The standard InChI is InChI=1S/C18H21FN2O/c1-13-6-4-9-17(14(13)2)20-18(22)12-21(3)11-15-7-5-8-16(19)10-15/h4-10H,11-12H2,1-3H3,(H,20,22). The van der Waals surface area contributed by atoms with Crippen molar-refractivity contribution in [2.75, 3.05) is 18.9 Å². The zero-order chi connectivity index (χ0) is 16.1. The van der Waals surface area contributed by atoms with Crippen LogP contribution < -0.4 is 5.32 Å². The molecule has 116 valence electrons. The van der Waals surface area contributed by atoms with E-state index in [1.807, 2.05) is 50.1 Å². The second-order valence-electron chi connectivity index (χ2n) is 5.60. The summed E-state index contributed by atoms with van der Waals surface area (Å²) in [4.78, 5) is 14.0. The van der Waals surface area contributed by atoms with Crippen LogP contribution in [-0.4, -0.2) is 24.4 Å². The van der Waals surface area contributed by atoms with Crippen molar-refractivity contribution in [3.63, 3.8) is 0 Å². The van der Waals surface area contributed by atoms with E-state index in [0.29, 0.717) is 6.54 Å². The van der Waals surface area contributed by atoms with Crippen molar-refractivity contribution in [1.82, 2.24) is 4.90 Å². The Labute approximate surface area is 130 Å². The fraction of sp³-hybridized carbons (Fsp3) is 0.278. The van der Waals surface area contributed by atoms with Gasteiger partial charge < -0.3 is 5.32 Å². The summed E-state index contributed by atoms with van der Waals surface area (Å²) in [6, 6.07) is 12.3. The van der Waals surface area contributed by atoms with Gasteiger partial charge in [-0.3, -0.25) is 9.69 Å². The fourth-order valence-electron chi connectivity index (χ4n) is 2.32. The number of carbonyl (C=O) groups excluding carboxylic acids is 1. The topological polar surface area (TPSA) is 32.3 Å². The number of carbonyl (C=O) groups is 1. The summed E-state index contributed by atoms with van der Waals surface area (Å²) in [5, 5.41) is 2.92. The number of anilines is 1. The molecule has 0 bridgehead atoms. The molecule has 4 heteroatoms. The van der Waals surface area contributed by atoms with E-state index in [4.69, 9.17) is 0 Å². The molecular formula is C18H21FN2O. The van der Waals surface area contributed by atoms with E-state index in [2.05, 4.69) is 5.32 Å². The second-order valence-corrected chi connectivity index (χ2v) is 5.60. The molecule has 0 aliphatic carbocycles. The molecule has 0 aliphatic heterocycles. The number of likely N-dealkylation sites (N-methyl/N-ethyl adjacent to an activating group) is 1. The molecule has 0 spiro atoms. The summed E-state index contributed by atoms with van der Waals surface area (Å²) in [7, 11) is 1.84. The van der Waals surface area contributed by atoms with Crippen molar-refractivity contribution in [2.24, 2.45) is 0 Å². The second kappa shape index (κ2) is 7.18. The van der Waals surface area contributed by atoms with Gasteiger partial charge in [0.2, 0.25) is 5.91 Å². The SMILES string of the molecule is Cc1cccc(NC(=O)CN(C)Cc2cccc(F)c2)c1C. The Bertz CT molecular complexity index is 670. The zero-order valence-corrected chi connectivity index (χ0v) is 13.2. The van der Waals surface area contributed by atoms with E-state index in [1.54, 1.807) is 6.07 Å². The molecule has 0 fully saturated rings. The van der Waals surface area contributed by atoms with Crippen molar-refractivity contribution < 1.29 is 9.18 Å². The normalized spacial score (nSPS) is 10.8. The van der Waals surface area contributed by atoms with Crippen molar-refractivity contribution in [1.29, 1.82) is 0 Å². The van der Waals surface area contributed by atoms with Gasteiger partial charge in [-0.2, -0.15) is 0 Å². The molecule has 1 N–H and O–H groups in total. The smallest absolute Gasteiger partial charge is 0.238 e. The zero-order valence-electron chi connectivity index (χ0n) is 13.2. The van der Waals surface area contributed by atoms with Gasteiger partial charge >= 0.3 is 0 Å². The molecule has 0 saturated heterocycles. The van der Waals surface area contributed by atoms with Gasteiger partial charge in [0.15, 0.2) is 0 Å². The van der Waals surface area contributed by atoms with Gasteiger partial charge in [-0.05, 0) is 55.8 Å². The molecule has 0 radical (unpaired) electrons. The minimum atomic E-state index is -0.259. The van der Waals surface area contributed by atoms with Gasteiger partial charge in [-0.15, -0.1) is 0 Å². The van der Waals surface area contributed by atoms with Crippen molar-refractivity contribution in [3.8, 4) is 0 Å². The molecule has 3 nitrogen and oxygen atoms in total. The largest absolute Gasteiger partial charge is 0.325 e. The maximum atomic E-state index is 13.2. The van der Waals surface area contributed by atoms with E-state index in [-0.39, 0.29) is 18.3 Å². The maximum absolute atomic E-state index is 13.2. The molecule has 0 aromatic heterocycles. The van der Waals surface area contributed by atoms with Crippen LogP contribution in [0.1, 0.15) is 16.7 Å². The average Bonchev–Trinajstić information content (AvgIpc) is 2.43. The van der Waals surface area contributed by atoms with Crippen LogP contribution in [0.15, 0.2) is 42.5 Å². The molecule has 2 aromatic carbocycles. The van der Waals surface area contributed by atoms with E-state index in [9.17, 15) is 9.18 Å². The highest BCUT2D eigenvalue weighted by atomic mass is 19.1. The van der Waals surface area contributed by atoms with Gasteiger partial charge in [-0.25, -0.2) is 4.39 Å². The fourth-order valence-corrected chi connectivity index (χ4v) is 2.32. The number of halogens is 1. The maximum Gasteiger partial charge on any atom is 0.238 e. The minimum Gasteiger partial charge on any atom is -0.325 e.